The van der Waals surface area contributed by atoms with Crippen molar-refractivity contribution in [3.05, 3.63) is 29.8 Å². The summed E-state index contributed by atoms with van der Waals surface area (Å²) < 4.78 is 10.6. The Kier molecular flexibility index (Phi) is 6.46. The summed E-state index contributed by atoms with van der Waals surface area (Å²) in [5.74, 6) is 3.27. The van der Waals surface area contributed by atoms with Gasteiger partial charge in [0.25, 0.3) is 0 Å². The molecule has 0 atom stereocenters. The first-order valence-corrected chi connectivity index (χ1v) is 6.94. The van der Waals surface area contributed by atoms with Gasteiger partial charge in [0.1, 0.15) is 18.0 Å². The van der Waals surface area contributed by atoms with Crippen molar-refractivity contribution in [3.8, 4) is 17.7 Å². The van der Waals surface area contributed by atoms with E-state index in [1.54, 1.807) is 45.9 Å². The molecule has 0 aliphatic carbocycles. The summed E-state index contributed by atoms with van der Waals surface area (Å²) in [6, 6.07) is 9.88. The van der Waals surface area contributed by atoms with E-state index >= 15 is 0 Å². The monoisotopic (exact) mass is 303 g/mol. The van der Waals surface area contributed by atoms with Crippen molar-refractivity contribution >= 4 is 12.4 Å². The first kappa shape index (κ1) is 17.6. The molecule has 0 aliphatic rings. The molecule has 0 N–H and O–H groups in total. The molecule has 0 radical (unpaired) electrons. The number of hydrogen-bond donors (Lipinski definition) is 0. The fraction of sp³-hybridized carbons (Fsp3) is 0.412. The topological polar surface area (TPSA) is 55.8 Å². The lowest BCUT2D eigenvalue weighted by molar-refractivity contribution is -0.109. The van der Waals surface area contributed by atoms with E-state index in [1.165, 1.54) is 4.90 Å². The lowest BCUT2D eigenvalue weighted by Crippen LogP contribution is -2.33. The van der Waals surface area contributed by atoms with E-state index < -0.39 is 11.7 Å². The lowest BCUT2D eigenvalue weighted by Gasteiger charge is -2.24. The second-order valence-electron chi connectivity index (χ2n) is 5.55. The maximum Gasteiger partial charge on any atom is 0.422 e. The molecule has 0 fully saturated rings. The Labute approximate surface area is 131 Å². The molecule has 1 aromatic rings. The molecule has 0 unspecified atom stereocenters. The average molecular weight is 303 g/mol. The molecule has 1 amide bonds. The quantitative estimate of drug-likeness (QED) is 0.477. The molecular formula is C17H21NO4. The molecule has 0 saturated carbocycles. The molecule has 0 aromatic heterocycles. The van der Waals surface area contributed by atoms with Gasteiger partial charge >= 0.3 is 6.09 Å². The summed E-state index contributed by atoms with van der Waals surface area (Å²) >= 11 is 0. The molecule has 22 heavy (non-hydrogen) atoms. The predicted octanol–water partition coefficient (Wildman–Crippen LogP) is 2.98. The minimum atomic E-state index is -0.584. The van der Waals surface area contributed by atoms with Gasteiger partial charge in [0.2, 0.25) is 0 Å². The summed E-state index contributed by atoms with van der Waals surface area (Å²) in [5, 5.41) is 0. The number of nitrogens with zero attached hydrogens (tertiary/aromatic N) is 1. The number of benzene rings is 1. The van der Waals surface area contributed by atoms with Crippen molar-refractivity contribution in [1.82, 2.24) is 4.90 Å². The number of aldehydes is 1. The standard InChI is InChI=1S/C17H21NO4/c1-5-9-18(16(20)22-17(2,3)4)13-14-7-6-8-15(12-14)21-11-10-19/h6-8,10,12H,11,13H2,1-4H3. The summed E-state index contributed by atoms with van der Waals surface area (Å²) in [5.41, 5.74) is 0.247. The molecule has 0 spiro atoms. The Balaban J connectivity index is 2.84. The lowest BCUT2D eigenvalue weighted by atomic mass is 10.2. The third-order valence-corrected chi connectivity index (χ3v) is 2.42. The highest BCUT2D eigenvalue weighted by molar-refractivity contribution is 5.70. The highest BCUT2D eigenvalue weighted by Gasteiger charge is 2.21. The Morgan fingerprint density at radius 1 is 1.36 bits per heavy atom. The largest absolute Gasteiger partial charge is 0.486 e. The predicted molar refractivity (Wildman–Crippen MR) is 83.2 cm³/mol. The summed E-state index contributed by atoms with van der Waals surface area (Å²) in [4.78, 5) is 23.8. The van der Waals surface area contributed by atoms with Crippen LogP contribution in [0.5, 0.6) is 5.75 Å². The van der Waals surface area contributed by atoms with E-state index in [2.05, 4.69) is 12.0 Å². The Morgan fingerprint density at radius 3 is 2.68 bits per heavy atom. The van der Waals surface area contributed by atoms with Crippen molar-refractivity contribution in [3.63, 3.8) is 0 Å². The second-order valence-corrected chi connectivity index (χ2v) is 5.55. The second kappa shape index (κ2) is 8.08. The van der Waals surface area contributed by atoms with E-state index in [4.69, 9.17) is 9.47 Å². The molecule has 5 nitrogen and oxygen atoms in total. The van der Waals surface area contributed by atoms with Crippen molar-refractivity contribution in [2.24, 2.45) is 0 Å². The molecule has 0 saturated heterocycles. The van der Waals surface area contributed by atoms with E-state index in [-0.39, 0.29) is 13.2 Å². The van der Waals surface area contributed by atoms with Crippen molar-refractivity contribution in [2.75, 3.05) is 6.61 Å². The number of ether oxygens (including phenoxy) is 2. The molecule has 118 valence electrons. The van der Waals surface area contributed by atoms with Crippen LogP contribution in [-0.4, -0.2) is 29.5 Å². The first-order chi connectivity index (χ1) is 10.4. The minimum absolute atomic E-state index is 0.00595. The molecule has 0 heterocycles. The zero-order chi connectivity index (χ0) is 16.6. The highest BCUT2D eigenvalue weighted by Crippen LogP contribution is 2.16. The number of hydrogen-bond acceptors (Lipinski definition) is 4. The molecule has 5 heteroatoms. The van der Waals surface area contributed by atoms with Crippen LogP contribution in [0, 0.1) is 12.0 Å². The van der Waals surface area contributed by atoms with Crippen molar-refractivity contribution in [2.45, 2.75) is 39.8 Å². The SMILES string of the molecule is CC#CN(Cc1cccc(OCC=O)c1)C(=O)OC(C)(C)C. The van der Waals surface area contributed by atoms with E-state index in [0.717, 1.165) is 5.56 Å². The molecule has 0 bridgehead atoms. The summed E-state index contributed by atoms with van der Waals surface area (Å²) in [6.07, 6.45) is 0.184. The van der Waals surface area contributed by atoms with Crippen LogP contribution in [0.4, 0.5) is 4.79 Å². The smallest absolute Gasteiger partial charge is 0.422 e. The summed E-state index contributed by atoms with van der Waals surface area (Å²) in [7, 11) is 0. The van der Waals surface area contributed by atoms with Gasteiger partial charge in [0, 0.05) is 6.04 Å². The van der Waals surface area contributed by atoms with Gasteiger partial charge in [-0.3, -0.25) is 4.79 Å². The van der Waals surface area contributed by atoms with Crippen LogP contribution in [0.2, 0.25) is 0 Å². The van der Waals surface area contributed by atoms with Crippen molar-refractivity contribution in [1.29, 1.82) is 0 Å². The molecule has 1 aromatic carbocycles. The van der Waals surface area contributed by atoms with Crippen LogP contribution >= 0.6 is 0 Å². The van der Waals surface area contributed by atoms with Gasteiger partial charge in [-0.2, -0.15) is 0 Å². The third kappa shape index (κ3) is 6.31. The first-order valence-electron chi connectivity index (χ1n) is 6.94. The number of carbonyl (C=O) groups excluding carboxylic acids is 2. The molecule has 1 rings (SSSR count). The van der Waals surface area contributed by atoms with Gasteiger partial charge in [-0.25, -0.2) is 9.69 Å². The van der Waals surface area contributed by atoms with Crippen LogP contribution in [0.3, 0.4) is 0 Å². The zero-order valence-corrected chi connectivity index (χ0v) is 13.4. The average Bonchev–Trinajstić information content (AvgIpc) is 2.43. The van der Waals surface area contributed by atoms with Gasteiger partial charge in [-0.1, -0.05) is 18.1 Å². The summed E-state index contributed by atoms with van der Waals surface area (Å²) in [6.45, 7) is 7.33. The van der Waals surface area contributed by atoms with Gasteiger partial charge in [0.05, 0.1) is 6.54 Å². The molecule has 0 aliphatic heterocycles. The van der Waals surface area contributed by atoms with E-state index in [0.29, 0.717) is 12.0 Å². The van der Waals surface area contributed by atoms with Gasteiger partial charge in [-0.15, -0.1) is 0 Å². The maximum absolute atomic E-state index is 12.1. The number of rotatable bonds is 5. The Morgan fingerprint density at radius 2 is 2.09 bits per heavy atom. The van der Waals surface area contributed by atoms with Gasteiger partial charge in [0.15, 0.2) is 6.29 Å². The maximum atomic E-state index is 12.1. The van der Waals surface area contributed by atoms with E-state index in [9.17, 15) is 9.59 Å². The number of carbonyl (C=O) groups is 2. The number of amides is 1. The minimum Gasteiger partial charge on any atom is -0.486 e. The van der Waals surface area contributed by atoms with Crippen LogP contribution in [0.1, 0.15) is 33.3 Å². The fourth-order valence-electron chi connectivity index (χ4n) is 1.65. The van der Waals surface area contributed by atoms with Crippen LogP contribution in [-0.2, 0) is 16.1 Å². The van der Waals surface area contributed by atoms with Crippen molar-refractivity contribution < 1.29 is 19.1 Å². The Bertz CT molecular complexity index is 578. The van der Waals surface area contributed by atoms with Crippen LogP contribution in [0.15, 0.2) is 24.3 Å². The zero-order valence-electron chi connectivity index (χ0n) is 13.4. The fourth-order valence-corrected chi connectivity index (χ4v) is 1.65. The Hall–Kier alpha value is -2.48. The van der Waals surface area contributed by atoms with E-state index in [1.807, 2.05) is 6.07 Å². The third-order valence-electron chi connectivity index (χ3n) is 2.42. The van der Waals surface area contributed by atoms with Gasteiger partial charge < -0.3 is 9.47 Å². The normalized spacial score (nSPS) is 10.2. The van der Waals surface area contributed by atoms with Crippen LogP contribution in [0.25, 0.3) is 0 Å². The van der Waals surface area contributed by atoms with Gasteiger partial charge in [-0.05, 0) is 45.4 Å². The van der Waals surface area contributed by atoms with Crippen LogP contribution < -0.4 is 4.74 Å². The highest BCUT2D eigenvalue weighted by atomic mass is 16.6. The molecular weight excluding hydrogens is 282 g/mol.